The molecule has 0 radical (unpaired) electrons. The number of rotatable bonds is 12. The number of hydrogen-bond acceptors (Lipinski definition) is 10. The van der Waals surface area contributed by atoms with Gasteiger partial charge in [0.05, 0.1) is 64.7 Å². The van der Waals surface area contributed by atoms with Crippen LogP contribution >= 0.6 is 11.6 Å². The Morgan fingerprint density at radius 1 is 0.868 bits per heavy atom. The van der Waals surface area contributed by atoms with Crippen molar-refractivity contribution in [1.82, 2.24) is 20.2 Å². The fourth-order valence-electron chi connectivity index (χ4n) is 9.24. The van der Waals surface area contributed by atoms with Crippen LogP contribution < -0.4 is 35.0 Å². The van der Waals surface area contributed by atoms with Crippen LogP contribution in [-0.4, -0.2) is 41.5 Å². The number of aliphatic imine (C=N–C) groups is 1. The smallest absolute Gasteiger partial charge is 0.418 e. The molecule has 342 valence electrons. The van der Waals surface area contributed by atoms with Crippen molar-refractivity contribution in [1.29, 1.82) is 0 Å². The first-order valence-electron chi connectivity index (χ1n) is 22.1. The second-order valence-corrected chi connectivity index (χ2v) is 17.0. The number of pyridine rings is 2. The van der Waals surface area contributed by atoms with Gasteiger partial charge in [0.15, 0.2) is 0 Å². The van der Waals surface area contributed by atoms with Crippen molar-refractivity contribution >= 4 is 34.6 Å². The summed E-state index contributed by atoms with van der Waals surface area (Å²) >= 11 is 7.32. The van der Waals surface area contributed by atoms with Gasteiger partial charge in [0.1, 0.15) is 41.8 Å². The molecule has 1 aliphatic carbocycles. The highest BCUT2D eigenvalue weighted by atomic mass is 35.5. The summed E-state index contributed by atoms with van der Waals surface area (Å²) in [5.74, 6) is 2.63. The number of fused-ring (bicyclic) bond motifs is 1. The van der Waals surface area contributed by atoms with E-state index in [9.17, 15) is 0 Å². The minimum atomic E-state index is -4.78. The van der Waals surface area contributed by atoms with Gasteiger partial charge in [0.2, 0.25) is 0 Å². The summed E-state index contributed by atoms with van der Waals surface area (Å²) in [6, 6.07) is 38.1. The third kappa shape index (κ3) is 8.61. The molecule has 10 nitrogen and oxygen atoms in total. The molecule has 1 atom stereocenters. The zero-order valence-corrected chi connectivity index (χ0v) is 38.1. The Morgan fingerprint density at radius 2 is 1.50 bits per heavy atom. The van der Waals surface area contributed by atoms with Gasteiger partial charge in [-0.1, -0.05) is 96.5 Å². The van der Waals surface area contributed by atoms with Crippen LogP contribution in [0.5, 0.6) is 17.2 Å². The topological polar surface area (TPSA) is 96.7 Å². The Labute approximate surface area is 396 Å². The molecular formula is C54H45ClF3N7O3. The number of aryl methyl sites for hydroxylation is 1. The highest BCUT2D eigenvalue weighted by molar-refractivity contribution is 6.33. The fourth-order valence-corrected chi connectivity index (χ4v) is 9.54. The molecule has 14 heteroatoms. The van der Waals surface area contributed by atoms with Gasteiger partial charge in [-0.2, -0.15) is 13.2 Å². The lowest BCUT2D eigenvalue weighted by molar-refractivity contribution is -0.137. The second kappa shape index (κ2) is 18.6. The number of alkyl halides is 3. The minimum absolute atomic E-state index is 0.0127. The summed E-state index contributed by atoms with van der Waals surface area (Å²) in [7, 11) is 3.19. The second-order valence-electron chi connectivity index (χ2n) is 16.7. The van der Waals surface area contributed by atoms with Crippen molar-refractivity contribution in [3.05, 3.63) is 206 Å². The molecule has 2 aliphatic heterocycles. The number of nitrogens with one attached hydrogen (secondary N) is 1. The van der Waals surface area contributed by atoms with Crippen LogP contribution in [0, 0.1) is 6.92 Å². The lowest BCUT2D eigenvalue weighted by Gasteiger charge is -2.31. The van der Waals surface area contributed by atoms with Crippen LogP contribution in [0.2, 0.25) is 5.02 Å². The maximum absolute atomic E-state index is 15.4. The van der Waals surface area contributed by atoms with Gasteiger partial charge in [-0.3, -0.25) is 9.98 Å². The number of aromatic nitrogens is 2. The van der Waals surface area contributed by atoms with E-state index in [-0.39, 0.29) is 40.3 Å². The van der Waals surface area contributed by atoms with E-state index in [4.69, 9.17) is 45.8 Å². The third-order valence-electron chi connectivity index (χ3n) is 12.5. The van der Waals surface area contributed by atoms with Crippen LogP contribution in [0.4, 0.5) is 24.7 Å². The first kappa shape index (κ1) is 44.2. The Balaban J connectivity index is 1.07. The molecule has 0 amide bonds. The van der Waals surface area contributed by atoms with Gasteiger partial charge in [-0.25, -0.2) is 9.98 Å². The quantitative estimate of drug-likeness (QED) is 0.121. The molecular weight excluding hydrogens is 887 g/mol. The van der Waals surface area contributed by atoms with Gasteiger partial charge >= 0.3 is 6.18 Å². The number of halogens is 4. The lowest BCUT2D eigenvalue weighted by Crippen LogP contribution is -2.44. The standard InChI is InChI=1S/C54H45ClF3N7O3/c1-33-26-46(64(30-34-14-18-38(66-2)19-15-34)31-35-16-20-39(67-3)21-17-35)63-51(48(33)54(56,57)58)41-27-45-47-52(49(41)55)60-32-61-53(47)65(24-25-68-45)44-23-22-40-42(44)28-59-29-43(40)62-50(36-10-6-4-7-11-36)37-12-8-5-9-13-37/h4-21,24-29,44,61H,22-23,30-32H2,1-3H3. The molecule has 68 heavy (non-hydrogen) atoms. The largest absolute Gasteiger partial charge is 0.497 e. The zero-order chi connectivity index (χ0) is 46.9. The minimum Gasteiger partial charge on any atom is -0.497 e. The van der Waals surface area contributed by atoms with Crippen molar-refractivity contribution < 1.29 is 27.4 Å². The Bertz CT molecular complexity index is 3110. The number of methoxy groups -OCH3 is 2. The van der Waals surface area contributed by atoms with E-state index in [1.54, 1.807) is 26.5 Å². The normalized spacial score (nSPS) is 14.7. The van der Waals surface area contributed by atoms with Crippen molar-refractivity contribution in [2.24, 2.45) is 9.98 Å². The van der Waals surface area contributed by atoms with Gasteiger partial charge in [0.25, 0.3) is 0 Å². The average Bonchev–Trinajstić information content (AvgIpc) is 3.71. The van der Waals surface area contributed by atoms with Crippen LogP contribution in [0.1, 0.15) is 57.0 Å². The molecule has 0 saturated carbocycles. The molecule has 5 aromatic carbocycles. The van der Waals surface area contributed by atoms with Crippen molar-refractivity contribution in [2.75, 3.05) is 25.8 Å². The predicted molar refractivity (Wildman–Crippen MR) is 258 cm³/mol. The van der Waals surface area contributed by atoms with Crippen LogP contribution in [0.15, 0.2) is 156 Å². The van der Waals surface area contributed by atoms with E-state index in [0.717, 1.165) is 57.6 Å². The van der Waals surface area contributed by atoms with E-state index in [1.807, 2.05) is 108 Å². The molecule has 0 spiro atoms. The van der Waals surface area contributed by atoms with Crippen molar-refractivity contribution in [3.63, 3.8) is 0 Å². The highest BCUT2D eigenvalue weighted by Crippen LogP contribution is 2.44. The fraction of sp³-hybridized carbons (Fsp3) is 0.185. The first-order chi connectivity index (χ1) is 33.1. The summed E-state index contributed by atoms with van der Waals surface area (Å²) in [6.07, 6.45) is 3.75. The van der Waals surface area contributed by atoms with Crippen LogP contribution in [0.3, 0.4) is 0 Å². The summed E-state index contributed by atoms with van der Waals surface area (Å²) in [4.78, 5) is 23.6. The molecule has 3 aliphatic rings. The zero-order valence-electron chi connectivity index (χ0n) is 37.4. The maximum Gasteiger partial charge on any atom is 0.418 e. The third-order valence-corrected chi connectivity index (χ3v) is 12.9. The average molecular weight is 932 g/mol. The van der Waals surface area contributed by atoms with E-state index in [1.165, 1.54) is 13.0 Å². The number of hydrogen-bond donors (Lipinski definition) is 1. The van der Waals surface area contributed by atoms with Crippen molar-refractivity contribution in [2.45, 2.75) is 45.1 Å². The highest BCUT2D eigenvalue weighted by Gasteiger charge is 2.39. The summed E-state index contributed by atoms with van der Waals surface area (Å²) in [5.41, 5.74) is 6.29. The van der Waals surface area contributed by atoms with Crippen molar-refractivity contribution in [3.8, 4) is 28.5 Å². The Morgan fingerprint density at radius 3 is 2.10 bits per heavy atom. The molecule has 1 N–H and O–H groups in total. The molecule has 0 saturated heterocycles. The van der Waals surface area contributed by atoms with E-state index in [0.29, 0.717) is 46.8 Å². The predicted octanol–water partition coefficient (Wildman–Crippen LogP) is 10.6. The lowest BCUT2D eigenvalue weighted by atomic mass is 9.99. The molecule has 0 bridgehead atoms. The molecule has 0 fully saturated rings. The molecule has 4 heterocycles. The number of benzene rings is 5. The summed E-state index contributed by atoms with van der Waals surface area (Å²) in [6.45, 7) is 2.22. The van der Waals surface area contributed by atoms with E-state index >= 15 is 13.2 Å². The Hall–Kier alpha value is -7.64. The molecule has 1 unspecified atom stereocenters. The number of ether oxygens (including phenoxy) is 3. The molecule has 10 rings (SSSR count). The van der Waals surface area contributed by atoms with Gasteiger partial charge < -0.3 is 29.3 Å². The summed E-state index contributed by atoms with van der Waals surface area (Å²) < 4.78 is 63.1. The van der Waals surface area contributed by atoms with Crippen LogP contribution in [0.25, 0.3) is 17.1 Å². The van der Waals surface area contributed by atoms with Gasteiger partial charge in [0, 0.05) is 42.2 Å². The molecule has 7 aromatic rings. The van der Waals surface area contributed by atoms with E-state index in [2.05, 4.69) is 34.5 Å². The van der Waals surface area contributed by atoms with E-state index < -0.39 is 11.7 Å². The molecule has 2 aromatic heterocycles. The first-order valence-corrected chi connectivity index (χ1v) is 22.5. The number of anilines is 1. The number of nitrogens with zero attached hydrogens (tertiary/aromatic N) is 6. The monoisotopic (exact) mass is 931 g/mol. The van der Waals surface area contributed by atoms with Crippen LogP contribution in [-0.2, 0) is 25.7 Å². The summed E-state index contributed by atoms with van der Waals surface area (Å²) in [5, 5.41) is 4.30. The Kier molecular flexibility index (Phi) is 12.1. The van der Waals surface area contributed by atoms with Gasteiger partial charge in [-0.05, 0) is 84.0 Å². The SMILES string of the molecule is COc1ccc(CN(Cc2ccc(OC)cc2)c2cc(C)c(C(F)(F)F)c(-c3cc4c5c(c3Cl)=NCNC=5N(C3CCc5c(N=C(c6ccccc6)c6ccccc6)cncc53)C=CO4)n2)cc1. The maximum atomic E-state index is 15.4. The van der Waals surface area contributed by atoms with Gasteiger partial charge in [-0.15, -0.1) is 0 Å².